The van der Waals surface area contributed by atoms with Gasteiger partial charge in [0.2, 0.25) is 19.9 Å². The van der Waals surface area contributed by atoms with E-state index in [4.69, 9.17) is 0 Å². The first kappa shape index (κ1) is 21.6. The molecule has 0 radical (unpaired) electrons. The number of carbonyl (C=O) groups excluding carboxylic acids is 1. The first-order valence-corrected chi connectivity index (χ1v) is 11.6. The van der Waals surface area contributed by atoms with Gasteiger partial charge in [-0.25, -0.2) is 21.4 Å². The highest BCUT2D eigenvalue weighted by Crippen LogP contribution is 2.22. The second-order valence-corrected chi connectivity index (χ2v) is 9.82. The van der Waals surface area contributed by atoms with Crippen LogP contribution in [0.15, 0.2) is 59.8 Å². The fourth-order valence-corrected chi connectivity index (χ4v) is 4.49. The van der Waals surface area contributed by atoms with Crippen molar-refractivity contribution in [2.24, 2.45) is 0 Å². The maximum absolute atomic E-state index is 12.8. The summed E-state index contributed by atoms with van der Waals surface area (Å²) in [5.74, 6) is -5.19. The van der Waals surface area contributed by atoms with Crippen LogP contribution in [0.5, 0.6) is 0 Å². The van der Waals surface area contributed by atoms with E-state index in [0.717, 1.165) is 12.1 Å². The first-order chi connectivity index (χ1) is 14.1. The molecule has 0 unspecified atom stereocenters. The number of aromatic nitrogens is 2. The summed E-state index contributed by atoms with van der Waals surface area (Å²) in [5, 5.41) is 6.23. The van der Waals surface area contributed by atoms with Crippen molar-refractivity contribution < 1.29 is 30.4 Å². The van der Waals surface area contributed by atoms with Crippen LogP contribution < -0.4 is 10.0 Å². The van der Waals surface area contributed by atoms with Crippen LogP contribution in [0.3, 0.4) is 0 Å². The van der Waals surface area contributed by atoms with Gasteiger partial charge in [-0.1, -0.05) is 12.1 Å². The first-order valence-electron chi connectivity index (χ1n) is 8.43. The van der Waals surface area contributed by atoms with Gasteiger partial charge < -0.3 is 5.32 Å². The van der Waals surface area contributed by atoms with Crippen LogP contribution in [-0.2, 0) is 19.9 Å². The van der Waals surface area contributed by atoms with Crippen molar-refractivity contribution in [2.75, 3.05) is 17.0 Å². The van der Waals surface area contributed by atoms with Gasteiger partial charge in [-0.05, 0) is 30.3 Å². The summed E-state index contributed by atoms with van der Waals surface area (Å²) in [6.45, 7) is -0.369. The largest absolute Gasteiger partial charge is 0.351 e. The van der Waals surface area contributed by atoms with E-state index in [1.54, 1.807) is 29.0 Å². The Balaban J connectivity index is 1.65. The standard InChI is InChI=1S/C17H16F2N4O5S2/c18-17(19)30(27,28)15-4-2-1-3-14(15)16(24)20-8-10-29(25,26)22-12-6-9-23-13(11-12)5-7-21-23/h1-7,9,11,17,22H,8,10H2,(H,20,24). The van der Waals surface area contributed by atoms with E-state index in [9.17, 15) is 30.4 Å². The maximum atomic E-state index is 12.8. The topological polar surface area (TPSA) is 127 Å². The molecule has 160 valence electrons. The number of hydrogen-bond donors (Lipinski definition) is 2. The van der Waals surface area contributed by atoms with Crippen LogP contribution in [0.1, 0.15) is 10.4 Å². The van der Waals surface area contributed by atoms with Crippen molar-refractivity contribution in [3.05, 3.63) is 60.4 Å². The van der Waals surface area contributed by atoms with Crippen molar-refractivity contribution in [1.82, 2.24) is 14.9 Å². The van der Waals surface area contributed by atoms with E-state index >= 15 is 0 Å². The Morgan fingerprint density at radius 1 is 1.10 bits per heavy atom. The lowest BCUT2D eigenvalue weighted by Crippen LogP contribution is -2.32. The van der Waals surface area contributed by atoms with Crippen LogP contribution in [0.4, 0.5) is 14.5 Å². The number of anilines is 1. The molecule has 0 atom stereocenters. The minimum absolute atomic E-state index is 0.294. The minimum Gasteiger partial charge on any atom is -0.351 e. The molecular weight excluding hydrogens is 442 g/mol. The van der Waals surface area contributed by atoms with E-state index in [1.807, 2.05) is 0 Å². The van der Waals surface area contributed by atoms with Gasteiger partial charge in [0, 0.05) is 18.9 Å². The third-order valence-corrected chi connectivity index (χ3v) is 6.73. The van der Waals surface area contributed by atoms with Crippen LogP contribution in [0.25, 0.3) is 5.52 Å². The van der Waals surface area contributed by atoms with Crippen LogP contribution >= 0.6 is 0 Å². The number of nitrogens with one attached hydrogen (secondary N) is 2. The number of halogens is 2. The van der Waals surface area contributed by atoms with E-state index in [0.29, 0.717) is 11.2 Å². The number of fused-ring (bicyclic) bond motifs is 1. The second kappa shape index (κ2) is 8.36. The number of carbonyl (C=O) groups is 1. The lowest BCUT2D eigenvalue weighted by molar-refractivity contribution is 0.0952. The zero-order valence-electron chi connectivity index (χ0n) is 15.2. The molecule has 1 amide bonds. The smallest absolute Gasteiger partial charge is 0.341 e. The molecule has 0 bridgehead atoms. The zero-order chi connectivity index (χ0) is 21.9. The van der Waals surface area contributed by atoms with Crippen LogP contribution in [0.2, 0.25) is 0 Å². The Hall–Kier alpha value is -3.06. The molecule has 2 N–H and O–H groups in total. The maximum Gasteiger partial charge on any atom is 0.341 e. The number of sulfone groups is 1. The van der Waals surface area contributed by atoms with Gasteiger partial charge in [0.25, 0.3) is 5.91 Å². The van der Waals surface area contributed by atoms with Gasteiger partial charge in [0.05, 0.1) is 27.4 Å². The van der Waals surface area contributed by atoms with E-state index in [-0.39, 0.29) is 6.54 Å². The molecule has 0 aliphatic rings. The predicted molar refractivity (Wildman–Crippen MR) is 105 cm³/mol. The molecule has 3 aromatic rings. The number of hydrogen-bond acceptors (Lipinski definition) is 6. The number of nitrogens with zero attached hydrogens (tertiary/aromatic N) is 2. The van der Waals surface area contributed by atoms with Crippen LogP contribution in [-0.4, -0.2) is 50.4 Å². The molecule has 9 nitrogen and oxygen atoms in total. The second-order valence-electron chi connectivity index (χ2n) is 6.09. The van der Waals surface area contributed by atoms with E-state index in [2.05, 4.69) is 15.1 Å². The van der Waals surface area contributed by atoms with Crippen molar-refractivity contribution in [3.8, 4) is 0 Å². The summed E-state index contributed by atoms with van der Waals surface area (Å²) in [6, 6.07) is 9.22. The highest BCUT2D eigenvalue weighted by atomic mass is 32.2. The fourth-order valence-electron chi connectivity index (χ4n) is 2.61. The summed E-state index contributed by atoms with van der Waals surface area (Å²) >= 11 is 0. The van der Waals surface area contributed by atoms with Gasteiger partial charge in [0.15, 0.2) is 0 Å². The number of alkyl halides is 2. The van der Waals surface area contributed by atoms with Crippen LogP contribution in [0, 0.1) is 0 Å². The average molecular weight is 458 g/mol. The molecule has 2 aromatic heterocycles. The normalized spacial score (nSPS) is 12.2. The molecule has 0 saturated carbocycles. The van der Waals surface area contributed by atoms with E-state index in [1.165, 1.54) is 18.2 Å². The third kappa shape index (κ3) is 4.74. The highest BCUT2D eigenvalue weighted by molar-refractivity contribution is 7.92. The van der Waals surface area contributed by atoms with Gasteiger partial charge in [-0.3, -0.25) is 9.52 Å². The number of benzene rings is 1. The summed E-state index contributed by atoms with van der Waals surface area (Å²) in [4.78, 5) is 11.4. The molecular formula is C17H16F2N4O5S2. The predicted octanol–water partition coefficient (Wildman–Crippen LogP) is 1.50. The Labute approximate surface area is 170 Å². The average Bonchev–Trinajstić information content (AvgIpc) is 3.15. The van der Waals surface area contributed by atoms with Crippen molar-refractivity contribution >= 4 is 37.0 Å². The molecule has 0 spiro atoms. The molecule has 13 heteroatoms. The summed E-state index contributed by atoms with van der Waals surface area (Å²) in [5.41, 5.74) is 0.470. The number of rotatable bonds is 8. The van der Waals surface area contributed by atoms with Crippen molar-refractivity contribution in [1.29, 1.82) is 0 Å². The Kier molecular flexibility index (Phi) is 6.03. The van der Waals surface area contributed by atoms with E-state index < -0.39 is 47.7 Å². The number of sulfonamides is 1. The summed E-state index contributed by atoms with van der Waals surface area (Å²) in [7, 11) is -8.84. The minimum atomic E-state index is -4.99. The molecule has 30 heavy (non-hydrogen) atoms. The summed E-state index contributed by atoms with van der Waals surface area (Å²) < 4.78 is 77.4. The Bertz CT molecular complexity index is 1290. The van der Waals surface area contributed by atoms with Gasteiger partial charge in [-0.15, -0.1) is 0 Å². The third-order valence-electron chi connectivity index (χ3n) is 4.00. The lowest BCUT2D eigenvalue weighted by Gasteiger charge is -2.11. The molecule has 3 rings (SSSR count). The number of amides is 1. The van der Waals surface area contributed by atoms with Crippen molar-refractivity contribution in [3.63, 3.8) is 0 Å². The van der Waals surface area contributed by atoms with Gasteiger partial charge in [-0.2, -0.15) is 13.9 Å². The molecule has 2 heterocycles. The summed E-state index contributed by atoms with van der Waals surface area (Å²) in [6.07, 6.45) is 3.12. The lowest BCUT2D eigenvalue weighted by atomic mass is 10.2. The quantitative estimate of drug-likeness (QED) is 0.527. The number of pyridine rings is 1. The van der Waals surface area contributed by atoms with Gasteiger partial charge >= 0.3 is 5.76 Å². The molecule has 1 aromatic carbocycles. The Morgan fingerprint density at radius 3 is 2.57 bits per heavy atom. The molecule has 0 aliphatic heterocycles. The highest BCUT2D eigenvalue weighted by Gasteiger charge is 2.30. The zero-order valence-corrected chi connectivity index (χ0v) is 16.8. The van der Waals surface area contributed by atoms with Gasteiger partial charge in [0.1, 0.15) is 0 Å². The fraction of sp³-hybridized carbons (Fsp3) is 0.176. The SMILES string of the molecule is O=C(NCCS(=O)(=O)Nc1ccn2nccc2c1)c1ccccc1S(=O)(=O)C(F)F. The molecule has 0 saturated heterocycles. The molecule has 0 fully saturated rings. The Morgan fingerprint density at radius 2 is 1.83 bits per heavy atom. The molecule has 0 aliphatic carbocycles. The van der Waals surface area contributed by atoms with Crippen molar-refractivity contribution in [2.45, 2.75) is 10.7 Å². The monoisotopic (exact) mass is 458 g/mol.